The highest BCUT2D eigenvalue weighted by Gasteiger charge is 2.14. The molecule has 100 valence electrons. The summed E-state index contributed by atoms with van der Waals surface area (Å²) in [5.41, 5.74) is 6.58. The molecule has 0 fully saturated rings. The zero-order chi connectivity index (χ0) is 14.0. The fraction of sp³-hybridized carbons (Fsp3) is 0.231. The zero-order valence-corrected chi connectivity index (χ0v) is 10.9. The lowest BCUT2D eigenvalue weighted by Gasteiger charge is -2.10. The van der Waals surface area contributed by atoms with Gasteiger partial charge in [-0.1, -0.05) is 0 Å². The summed E-state index contributed by atoms with van der Waals surface area (Å²) < 4.78 is 15.0. The molecule has 0 amide bonds. The van der Waals surface area contributed by atoms with Gasteiger partial charge in [0.25, 0.3) is 0 Å². The van der Waals surface area contributed by atoms with E-state index in [-0.39, 0.29) is 11.4 Å². The lowest BCUT2D eigenvalue weighted by molar-refractivity contribution is 0.0602. The van der Waals surface area contributed by atoms with Gasteiger partial charge in [-0.15, -0.1) is 0 Å². The smallest absolute Gasteiger partial charge is 0.341 e. The number of nitrogens with zero attached hydrogens (tertiary/aromatic N) is 1. The second kappa shape index (κ2) is 5.01. The summed E-state index contributed by atoms with van der Waals surface area (Å²) in [5.74, 6) is 0.693. The van der Waals surface area contributed by atoms with Crippen molar-refractivity contribution in [2.45, 2.75) is 0 Å². The number of hydrogen-bond acceptors (Lipinski definition) is 6. The van der Waals surface area contributed by atoms with Crippen molar-refractivity contribution in [3.8, 4) is 11.5 Å². The zero-order valence-electron chi connectivity index (χ0n) is 10.9. The van der Waals surface area contributed by atoms with Crippen LogP contribution in [0.15, 0.2) is 18.2 Å². The van der Waals surface area contributed by atoms with Crippen molar-refractivity contribution in [2.24, 2.45) is 0 Å². The Hall–Kier alpha value is -2.50. The van der Waals surface area contributed by atoms with Gasteiger partial charge >= 0.3 is 5.97 Å². The minimum absolute atomic E-state index is 0.117. The standard InChI is InChI=1S/C13H14N2O4/c1-17-10-5-7-4-8(13(16)19-3)12(14)15-9(7)6-11(10)18-2/h4-6H,1-3H3,(H2,14,15). The Bertz CT molecular complexity index is 640. The van der Waals surface area contributed by atoms with Crippen LogP contribution in [0.2, 0.25) is 0 Å². The molecular weight excluding hydrogens is 248 g/mol. The van der Waals surface area contributed by atoms with Crippen LogP contribution in [0.1, 0.15) is 10.4 Å². The monoisotopic (exact) mass is 262 g/mol. The molecule has 2 aromatic rings. The first-order valence-electron chi connectivity index (χ1n) is 5.51. The molecule has 6 nitrogen and oxygen atoms in total. The molecule has 0 bridgehead atoms. The van der Waals surface area contributed by atoms with Crippen LogP contribution < -0.4 is 15.2 Å². The largest absolute Gasteiger partial charge is 0.493 e. The van der Waals surface area contributed by atoms with Gasteiger partial charge in [0.1, 0.15) is 11.4 Å². The Balaban J connectivity index is 2.68. The second-order valence-electron chi connectivity index (χ2n) is 3.81. The first-order chi connectivity index (χ1) is 9.10. The number of fused-ring (bicyclic) bond motifs is 1. The van der Waals surface area contributed by atoms with Crippen LogP contribution in [0.4, 0.5) is 5.82 Å². The molecule has 19 heavy (non-hydrogen) atoms. The third kappa shape index (κ3) is 2.24. The molecule has 0 saturated heterocycles. The van der Waals surface area contributed by atoms with E-state index >= 15 is 0 Å². The molecule has 0 atom stereocenters. The molecule has 2 rings (SSSR count). The van der Waals surface area contributed by atoms with Crippen LogP contribution in [0.25, 0.3) is 10.9 Å². The number of pyridine rings is 1. The van der Waals surface area contributed by atoms with Crippen LogP contribution in [0, 0.1) is 0 Å². The van der Waals surface area contributed by atoms with Crippen molar-refractivity contribution in [1.29, 1.82) is 0 Å². The number of aromatic nitrogens is 1. The van der Waals surface area contributed by atoms with E-state index in [0.29, 0.717) is 22.4 Å². The molecule has 0 aliphatic carbocycles. The predicted molar refractivity (Wildman–Crippen MR) is 70.6 cm³/mol. The Morgan fingerprint density at radius 1 is 1.11 bits per heavy atom. The SMILES string of the molecule is COC(=O)c1cc2cc(OC)c(OC)cc2nc1N. The maximum absolute atomic E-state index is 11.6. The van der Waals surface area contributed by atoms with Gasteiger partial charge in [0.2, 0.25) is 0 Å². The maximum atomic E-state index is 11.6. The van der Waals surface area contributed by atoms with Crippen LogP contribution in [-0.2, 0) is 4.74 Å². The molecule has 0 saturated carbocycles. The molecule has 0 radical (unpaired) electrons. The van der Waals surface area contributed by atoms with E-state index in [0.717, 1.165) is 0 Å². The summed E-state index contributed by atoms with van der Waals surface area (Å²) in [5, 5.41) is 0.715. The molecule has 6 heteroatoms. The van der Waals surface area contributed by atoms with Crippen LogP contribution in [0.3, 0.4) is 0 Å². The highest BCUT2D eigenvalue weighted by Crippen LogP contribution is 2.32. The first-order valence-corrected chi connectivity index (χ1v) is 5.51. The maximum Gasteiger partial charge on any atom is 0.341 e. The third-order valence-corrected chi connectivity index (χ3v) is 2.75. The molecule has 0 aliphatic heterocycles. The van der Waals surface area contributed by atoms with E-state index < -0.39 is 5.97 Å². The summed E-state index contributed by atoms with van der Waals surface area (Å²) in [6, 6.07) is 5.05. The van der Waals surface area contributed by atoms with Crippen molar-refractivity contribution < 1.29 is 19.0 Å². The van der Waals surface area contributed by atoms with Gasteiger partial charge in [-0.05, 0) is 12.1 Å². The number of anilines is 1. The lowest BCUT2D eigenvalue weighted by Crippen LogP contribution is -2.07. The molecule has 0 aliphatic rings. The van der Waals surface area contributed by atoms with E-state index in [1.807, 2.05) is 0 Å². The van der Waals surface area contributed by atoms with Gasteiger partial charge in [0.05, 0.1) is 26.8 Å². The topological polar surface area (TPSA) is 83.7 Å². The average Bonchev–Trinajstić information content (AvgIpc) is 2.44. The molecule has 0 unspecified atom stereocenters. The average molecular weight is 262 g/mol. The van der Waals surface area contributed by atoms with Gasteiger partial charge in [0.15, 0.2) is 11.5 Å². The van der Waals surface area contributed by atoms with Crippen molar-refractivity contribution in [3.63, 3.8) is 0 Å². The summed E-state index contributed by atoms with van der Waals surface area (Å²) in [4.78, 5) is 15.7. The number of carbonyl (C=O) groups excluding carboxylic acids is 1. The van der Waals surface area contributed by atoms with Crippen LogP contribution >= 0.6 is 0 Å². The number of nitrogens with two attached hydrogens (primary N) is 1. The normalized spacial score (nSPS) is 10.3. The fourth-order valence-electron chi connectivity index (χ4n) is 1.79. The van der Waals surface area contributed by atoms with E-state index in [9.17, 15) is 4.79 Å². The summed E-state index contributed by atoms with van der Waals surface area (Å²) in [7, 11) is 4.37. The van der Waals surface area contributed by atoms with Gasteiger partial charge in [-0.3, -0.25) is 0 Å². The molecule has 1 aromatic heterocycles. The highest BCUT2D eigenvalue weighted by atomic mass is 16.5. The number of esters is 1. The quantitative estimate of drug-likeness (QED) is 0.846. The van der Waals surface area contributed by atoms with Gasteiger partial charge < -0.3 is 19.9 Å². The first kappa shape index (κ1) is 12.9. The van der Waals surface area contributed by atoms with Gasteiger partial charge in [-0.25, -0.2) is 9.78 Å². The van der Waals surface area contributed by atoms with Crippen LogP contribution in [-0.4, -0.2) is 32.3 Å². The van der Waals surface area contributed by atoms with Crippen molar-refractivity contribution >= 4 is 22.7 Å². The van der Waals surface area contributed by atoms with Crippen molar-refractivity contribution in [3.05, 3.63) is 23.8 Å². The number of rotatable bonds is 3. The Morgan fingerprint density at radius 2 is 1.74 bits per heavy atom. The van der Waals surface area contributed by atoms with Gasteiger partial charge in [-0.2, -0.15) is 0 Å². The number of carbonyl (C=O) groups is 1. The Morgan fingerprint density at radius 3 is 2.32 bits per heavy atom. The summed E-state index contributed by atoms with van der Waals surface area (Å²) >= 11 is 0. The van der Waals surface area contributed by atoms with Crippen LogP contribution in [0.5, 0.6) is 11.5 Å². The number of hydrogen-bond donors (Lipinski definition) is 1. The minimum atomic E-state index is -0.526. The van der Waals surface area contributed by atoms with E-state index in [1.54, 1.807) is 18.2 Å². The van der Waals surface area contributed by atoms with Gasteiger partial charge in [0, 0.05) is 11.5 Å². The molecule has 0 spiro atoms. The number of nitrogen functional groups attached to an aromatic ring is 1. The second-order valence-corrected chi connectivity index (χ2v) is 3.81. The molecular formula is C13H14N2O4. The van der Waals surface area contributed by atoms with E-state index in [2.05, 4.69) is 9.72 Å². The van der Waals surface area contributed by atoms with Crippen molar-refractivity contribution in [1.82, 2.24) is 4.98 Å². The van der Waals surface area contributed by atoms with E-state index in [4.69, 9.17) is 15.2 Å². The summed E-state index contributed by atoms with van der Waals surface area (Å²) in [6.45, 7) is 0. The number of ether oxygens (including phenoxy) is 3. The lowest BCUT2D eigenvalue weighted by atomic mass is 10.1. The molecule has 1 heterocycles. The third-order valence-electron chi connectivity index (χ3n) is 2.75. The number of methoxy groups -OCH3 is 3. The molecule has 1 aromatic carbocycles. The fourth-order valence-corrected chi connectivity index (χ4v) is 1.79. The van der Waals surface area contributed by atoms with E-state index in [1.165, 1.54) is 21.3 Å². The number of benzene rings is 1. The van der Waals surface area contributed by atoms with Crippen molar-refractivity contribution in [2.75, 3.05) is 27.1 Å². The Kier molecular flexibility index (Phi) is 3.41. The summed E-state index contributed by atoms with van der Waals surface area (Å²) in [6.07, 6.45) is 0. The Labute approximate surface area is 110 Å². The molecule has 2 N–H and O–H groups in total. The predicted octanol–water partition coefficient (Wildman–Crippen LogP) is 1.62. The minimum Gasteiger partial charge on any atom is -0.493 e. The highest BCUT2D eigenvalue weighted by molar-refractivity contribution is 5.99.